The van der Waals surface area contributed by atoms with Gasteiger partial charge in [0.15, 0.2) is 0 Å². The van der Waals surface area contributed by atoms with Crippen LogP contribution in [0.2, 0.25) is 5.02 Å². The Hall–Kier alpha value is -1.91. The molecular weight excluding hydrogens is 378 g/mol. The average Bonchev–Trinajstić information content (AvgIpc) is 2.51. The first-order valence-corrected chi connectivity index (χ1v) is 7.42. The second kappa shape index (κ2) is 7.14. The molecule has 1 aliphatic heterocycles. The molecule has 0 spiro atoms. The first-order valence-electron chi connectivity index (χ1n) is 7.04. The summed E-state index contributed by atoms with van der Waals surface area (Å²) in [5.74, 6) is 0.130. The van der Waals surface area contributed by atoms with Gasteiger partial charge in [0, 0.05) is 32.4 Å². The van der Waals surface area contributed by atoms with Gasteiger partial charge in [0.1, 0.15) is 12.4 Å². The number of carbonyl (C=O) groups is 1. The maximum atomic E-state index is 12.6. The molecule has 12 heteroatoms. The van der Waals surface area contributed by atoms with Gasteiger partial charge >= 0.3 is 18.4 Å². The lowest BCUT2D eigenvalue weighted by molar-refractivity contribution is -0.137. The Morgan fingerprint density at radius 3 is 2.24 bits per heavy atom. The van der Waals surface area contributed by atoms with E-state index in [2.05, 4.69) is 4.98 Å². The van der Waals surface area contributed by atoms with Crippen LogP contribution in [0, 0.1) is 0 Å². The fraction of sp³-hybridized carbons (Fsp3) is 0.538. The summed E-state index contributed by atoms with van der Waals surface area (Å²) < 4.78 is 74.0. The summed E-state index contributed by atoms with van der Waals surface area (Å²) in [6.45, 7) is -0.904. The van der Waals surface area contributed by atoms with Crippen molar-refractivity contribution in [3.63, 3.8) is 0 Å². The number of piperazine rings is 1. The van der Waals surface area contributed by atoms with Gasteiger partial charge in [-0.2, -0.15) is 26.3 Å². The molecule has 1 fully saturated rings. The quantitative estimate of drug-likeness (QED) is 0.789. The van der Waals surface area contributed by atoms with Crippen molar-refractivity contribution in [2.24, 2.45) is 0 Å². The van der Waals surface area contributed by atoms with Crippen molar-refractivity contribution in [3.8, 4) is 0 Å². The van der Waals surface area contributed by atoms with E-state index >= 15 is 0 Å². The van der Waals surface area contributed by atoms with Crippen LogP contribution in [0.4, 0.5) is 37.0 Å². The Morgan fingerprint density at radius 2 is 1.76 bits per heavy atom. The van der Waals surface area contributed by atoms with Gasteiger partial charge in [0.2, 0.25) is 0 Å². The number of nitrogens with one attached hydrogen (secondary N) is 1. The average molecular weight is 391 g/mol. The Balaban J connectivity index is 1.95. The molecule has 0 bridgehead atoms. The van der Waals surface area contributed by atoms with E-state index in [-0.39, 0.29) is 37.0 Å². The molecule has 1 aliphatic rings. The van der Waals surface area contributed by atoms with Gasteiger partial charge in [-0.05, 0) is 6.07 Å². The first kappa shape index (κ1) is 19.4. The monoisotopic (exact) mass is 390 g/mol. The van der Waals surface area contributed by atoms with E-state index in [0.717, 1.165) is 6.07 Å². The van der Waals surface area contributed by atoms with Gasteiger partial charge in [0.05, 0.1) is 10.6 Å². The minimum atomic E-state index is -4.57. The van der Waals surface area contributed by atoms with E-state index in [1.54, 1.807) is 10.2 Å². The molecule has 1 aromatic heterocycles. The van der Waals surface area contributed by atoms with Crippen molar-refractivity contribution < 1.29 is 31.1 Å². The van der Waals surface area contributed by atoms with Crippen LogP contribution in [-0.4, -0.2) is 54.8 Å². The minimum absolute atomic E-state index is 0.0860. The van der Waals surface area contributed by atoms with Crippen LogP contribution in [0.25, 0.3) is 0 Å². The Labute approximate surface area is 143 Å². The zero-order chi connectivity index (χ0) is 18.8. The molecule has 0 atom stereocenters. The molecule has 0 radical (unpaired) electrons. The van der Waals surface area contributed by atoms with Crippen molar-refractivity contribution in [1.29, 1.82) is 0 Å². The largest absolute Gasteiger partial charge is 0.417 e. The molecule has 1 N–H and O–H groups in total. The predicted octanol–water partition coefficient (Wildman–Crippen LogP) is 3.15. The van der Waals surface area contributed by atoms with Crippen molar-refractivity contribution in [2.45, 2.75) is 12.4 Å². The number of alkyl halides is 6. The SMILES string of the molecule is O=C(NCC(F)(F)F)N1CCN(c2ncc(C(F)(F)F)cc2Cl)CC1. The number of rotatable bonds is 2. The molecule has 0 aliphatic carbocycles. The summed E-state index contributed by atoms with van der Waals surface area (Å²) in [7, 11) is 0. The Morgan fingerprint density at radius 1 is 1.16 bits per heavy atom. The van der Waals surface area contributed by atoms with Crippen LogP contribution in [-0.2, 0) is 6.18 Å². The topological polar surface area (TPSA) is 48.5 Å². The van der Waals surface area contributed by atoms with Gasteiger partial charge in [-0.15, -0.1) is 0 Å². The molecule has 1 aromatic rings. The molecule has 25 heavy (non-hydrogen) atoms. The third-order valence-electron chi connectivity index (χ3n) is 3.46. The van der Waals surface area contributed by atoms with Crippen molar-refractivity contribution >= 4 is 23.4 Å². The summed E-state index contributed by atoms with van der Waals surface area (Å²) in [4.78, 5) is 18.1. The van der Waals surface area contributed by atoms with Crippen LogP contribution in [0.15, 0.2) is 12.3 Å². The summed E-state index contributed by atoms with van der Waals surface area (Å²) in [6, 6.07) is -0.102. The standard InChI is InChI=1S/C13H13ClF6N4O/c14-9-5-8(13(18,19)20)6-21-10(9)23-1-3-24(4-2-23)11(25)22-7-12(15,16)17/h5-6H,1-4,7H2,(H,22,25). The smallest absolute Gasteiger partial charge is 0.352 e. The van der Waals surface area contributed by atoms with E-state index in [1.807, 2.05) is 0 Å². The van der Waals surface area contributed by atoms with E-state index in [1.165, 1.54) is 4.90 Å². The van der Waals surface area contributed by atoms with Crippen LogP contribution in [0.3, 0.4) is 0 Å². The third kappa shape index (κ3) is 5.28. The zero-order valence-electron chi connectivity index (χ0n) is 12.6. The summed E-state index contributed by atoms with van der Waals surface area (Å²) in [6.07, 6.45) is -8.41. The number of amides is 2. The van der Waals surface area contributed by atoms with Crippen LogP contribution >= 0.6 is 11.6 Å². The fourth-order valence-corrected chi connectivity index (χ4v) is 2.51. The van der Waals surface area contributed by atoms with Crippen molar-refractivity contribution in [2.75, 3.05) is 37.6 Å². The molecule has 2 amide bonds. The van der Waals surface area contributed by atoms with Gasteiger partial charge in [0.25, 0.3) is 0 Å². The lowest BCUT2D eigenvalue weighted by atomic mass is 10.2. The highest BCUT2D eigenvalue weighted by molar-refractivity contribution is 6.33. The van der Waals surface area contributed by atoms with Crippen molar-refractivity contribution in [1.82, 2.24) is 15.2 Å². The maximum absolute atomic E-state index is 12.6. The number of anilines is 1. The minimum Gasteiger partial charge on any atom is -0.352 e. The lowest BCUT2D eigenvalue weighted by Crippen LogP contribution is -2.53. The predicted molar refractivity (Wildman–Crippen MR) is 77.5 cm³/mol. The summed E-state index contributed by atoms with van der Waals surface area (Å²) in [5.41, 5.74) is -0.980. The molecule has 0 aromatic carbocycles. The first-order chi connectivity index (χ1) is 11.5. The van der Waals surface area contributed by atoms with Crippen molar-refractivity contribution in [3.05, 3.63) is 22.8 Å². The van der Waals surface area contributed by atoms with E-state index < -0.39 is 30.5 Å². The third-order valence-corrected chi connectivity index (χ3v) is 3.73. The highest BCUT2D eigenvalue weighted by Gasteiger charge is 2.33. The molecule has 5 nitrogen and oxygen atoms in total. The number of hydrogen-bond donors (Lipinski definition) is 1. The zero-order valence-corrected chi connectivity index (χ0v) is 13.3. The van der Waals surface area contributed by atoms with Crippen LogP contribution in [0.1, 0.15) is 5.56 Å². The van der Waals surface area contributed by atoms with Gasteiger partial charge in [-0.25, -0.2) is 9.78 Å². The number of carbonyl (C=O) groups excluding carboxylic acids is 1. The number of halogens is 7. The van der Waals surface area contributed by atoms with Crippen LogP contribution < -0.4 is 10.2 Å². The highest BCUT2D eigenvalue weighted by atomic mass is 35.5. The number of aromatic nitrogens is 1. The molecule has 0 unspecified atom stereocenters. The second-order valence-electron chi connectivity index (χ2n) is 5.28. The molecule has 2 rings (SSSR count). The number of urea groups is 1. The summed E-state index contributed by atoms with van der Waals surface area (Å²) >= 11 is 5.85. The molecule has 1 saturated heterocycles. The van der Waals surface area contributed by atoms with E-state index in [9.17, 15) is 31.1 Å². The van der Waals surface area contributed by atoms with Gasteiger partial charge in [-0.1, -0.05) is 11.6 Å². The number of hydrogen-bond acceptors (Lipinski definition) is 3. The van der Waals surface area contributed by atoms with E-state index in [0.29, 0.717) is 6.20 Å². The molecule has 2 heterocycles. The van der Waals surface area contributed by atoms with Crippen LogP contribution in [0.5, 0.6) is 0 Å². The normalized spacial score (nSPS) is 16.1. The Kier molecular flexibility index (Phi) is 5.55. The van der Waals surface area contributed by atoms with E-state index in [4.69, 9.17) is 11.6 Å². The lowest BCUT2D eigenvalue weighted by Gasteiger charge is -2.35. The van der Waals surface area contributed by atoms with Gasteiger partial charge in [-0.3, -0.25) is 0 Å². The molecule has 0 saturated carbocycles. The number of nitrogens with zero attached hydrogens (tertiary/aromatic N) is 3. The van der Waals surface area contributed by atoms with Gasteiger partial charge < -0.3 is 15.1 Å². The highest BCUT2D eigenvalue weighted by Crippen LogP contribution is 2.33. The number of pyridine rings is 1. The summed E-state index contributed by atoms with van der Waals surface area (Å²) in [5, 5.41) is 1.57. The molecule has 140 valence electrons. The Bertz CT molecular complexity index is 628. The fourth-order valence-electron chi connectivity index (χ4n) is 2.23. The second-order valence-corrected chi connectivity index (χ2v) is 5.68. The molecular formula is C13H13ClF6N4O. The maximum Gasteiger partial charge on any atom is 0.417 e.